The monoisotopic (exact) mass is 996 g/mol. The molecule has 0 unspecified atom stereocenters. The molecular formula is C40H29BrCl2F6N16. The van der Waals surface area contributed by atoms with Crippen LogP contribution in [0.4, 0.5) is 32.2 Å². The first-order valence-electron chi connectivity index (χ1n) is 18.9. The second-order valence-electron chi connectivity index (χ2n) is 14.0. The van der Waals surface area contributed by atoms with Gasteiger partial charge in [-0.2, -0.15) is 36.5 Å². The number of para-hydroxylation sites is 2. The van der Waals surface area contributed by atoms with E-state index in [0.717, 1.165) is 42.4 Å². The lowest BCUT2D eigenvalue weighted by molar-refractivity contribution is -0.142. The van der Waals surface area contributed by atoms with E-state index in [-0.39, 0.29) is 11.6 Å². The van der Waals surface area contributed by atoms with E-state index >= 15 is 0 Å². The van der Waals surface area contributed by atoms with E-state index in [1.165, 1.54) is 31.4 Å². The number of hydrogen-bond donors (Lipinski definition) is 4. The topological polar surface area (TPSA) is 208 Å². The fourth-order valence-electron chi connectivity index (χ4n) is 6.44. The zero-order chi connectivity index (χ0) is 46.2. The summed E-state index contributed by atoms with van der Waals surface area (Å²) < 4.78 is 80.6. The third kappa shape index (κ3) is 9.53. The first-order valence-corrected chi connectivity index (χ1v) is 20.4. The highest BCUT2D eigenvalue weighted by molar-refractivity contribution is 9.10. The van der Waals surface area contributed by atoms with Crippen LogP contribution in [0.15, 0.2) is 103 Å². The van der Waals surface area contributed by atoms with Crippen molar-refractivity contribution in [3.8, 4) is 11.6 Å². The number of fused-ring (bicyclic) bond motifs is 4. The molecule has 5 N–H and O–H groups in total. The van der Waals surface area contributed by atoms with Crippen LogP contribution in [0.5, 0.6) is 0 Å². The molecule has 2 atom stereocenters. The Kier molecular flexibility index (Phi) is 12.4. The second-order valence-corrected chi connectivity index (χ2v) is 15.5. The van der Waals surface area contributed by atoms with Crippen LogP contribution in [0.3, 0.4) is 0 Å². The van der Waals surface area contributed by atoms with Gasteiger partial charge < -0.3 is 21.0 Å². The molecular weight excluding hydrogens is 969 g/mol. The predicted molar refractivity (Wildman–Crippen MR) is 233 cm³/mol. The van der Waals surface area contributed by atoms with Crippen molar-refractivity contribution in [2.45, 2.75) is 38.3 Å². The summed E-state index contributed by atoms with van der Waals surface area (Å²) in [6.07, 6.45) is -0.729. The Bertz CT molecular complexity index is 3310. The molecule has 0 aliphatic heterocycles. The smallest absolute Gasteiger partial charge is 0.362 e. The largest absolute Gasteiger partial charge is 0.435 e. The molecule has 2 aromatic carbocycles. The van der Waals surface area contributed by atoms with Crippen LogP contribution in [0.2, 0.25) is 10.0 Å². The third-order valence-electron chi connectivity index (χ3n) is 9.51. The average molecular weight is 999 g/mol. The number of H-pyrrole nitrogens is 2. The first-order chi connectivity index (χ1) is 31.0. The summed E-state index contributed by atoms with van der Waals surface area (Å²) in [5.74, 6) is 0.945. The van der Waals surface area contributed by atoms with Crippen LogP contribution < -0.4 is 11.1 Å². The van der Waals surface area contributed by atoms with Crippen molar-refractivity contribution in [1.29, 1.82) is 0 Å². The van der Waals surface area contributed by atoms with E-state index in [0.29, 0.717) is 54.8 Å². The van der Waals surface area contributed by atoms with Gasteiger partial charge in [-0.05, 0) is 66.2 Å². The van der Waals surface area contributed by atoms with Crippen LogP contribution in [-0.4, -0.2) is 69.4 Å². The maximum absolute atomic E-state index is 13.1. The number of rotatable bonds is 6. The van der Waals surface area contributed by atoms with E-state index in [1.54, 1.807) is 43.6 Å². The van der Waals surface area contributed by atoms with Gasteiger partial charge in [0.05, 0.1) is 39.8 Å². The molecule has 0 radical (unpaired) electrons. The number of halogens is 9. The summed E-state index contributed by atoms with van der Waals surface area (Å²) in [4.78, 5) is 39.0. The number of anilines is 1. The molecule has 65 heavy (non-hydrogen) atoms. The molecule has 25 heteroatoms. The Morgan fingerprint density at radius 3 is 1.66 bits per heavy atom. The molecule has 10 aromatic rings. The molecule has 10 rings (SSSR count). The number of aromatic amines is 2. The van der Waals surface area contributed by atoms with E-state index < -0.39 is 35.8 Å². The zero-order valence-corrected chi connectivity index (χ0v) is 36.3. The molecule has 0 spiro atoms. The summed E-state index contributed by atoms with van der Waals surface area (Å²) in [7, 11) is 0. The average Bonchev–Trinajstić information content (AvgIpc) is 4.11. The highest BCUT2D eigenvalue weighted by Crippen LogP contribution is 2.34. The normalized spacial score (nSPS) is 12.8. The fraction of sp³-hybridized carbons (Fsp3) is 0.150. The van der Waals surface area contributed by atoms with Crippen molar-refractivity contribution in [2.75, 3.05) is 5.32 Å². The highest BCUT2D eigenvalue weighted by Gasteiger charge is 2.35. The van der Waals surface area contributed by atoms with Gasteiger partial charge >= 0.3 is 12.4 Å². The minimum absolute atomic E-state index is 0.219. The van der Waals surface area contributed by atoms with Gasteiger partial charge in [-0.15, -0.1) is 0 Å². The lowest BCUT2D eigenvalue weighted by atomic mass is 10.1. The van der Waals surface area contributed by atoms with Gasteiger partial charge in [-0.25, -0.2) is 49.2 Å². The lowest BCUT2D eigenvalue weighted by Gasteiger charge is -2.19. The molecule has 0 amide bonds. The van der Waals surface area contributed by atoms with Crippen molar-refractivity contribution in [2.24, 2.45) is 5.73 Å². The quantitative estimate of drug-likeness (QED) is 0.0906. The van der Waals surface area contributed by atoms with Crippen molar-refractivity contribution in [3.63, 3.8) is 0 Å². The second kappa shape index (κ2) is 18.0. The molecule has 8 heterocycles. The minimum Gasteiger partial charge on any atom is -0.362 e. The van der Waals surface area contributed by atoms with Crippen molar-refractivity contribution < 1.29 is 26.3 Å². The molecule has 0 bridgehead atoms. The number of aromatic nitrogens is 14. The zero-order valence-electron chi connectivity index (χ0n) is 33.2. The number of benzene rings is 2. The molecule has 16 nitrogen and oxygen atoms in total. The van der Waals surface area contributed by atoms with Gasteiger partial charge in [0.2, 0.25) is 0 Å². The van der Waals surface area contributed by atoms with Crippen molar-refractivity contribution in [1.82, 2.24) is 69.4 Å². The Morgan fingerprint density at radius 2 is 1.15 bits per heavy atom. The molecule has 0 fully saturated rings. The highest BCUT2D eigenvalue weighted by atomic mass is 79.9. The van der Waals surface area contributed by atoms with Crippen LogP contribution >= 0.6 is 39.1 Å². The Balaban J connectivity index is 0.000000151. The van der Waals surface area contributed by atoms with Gasteiger partial charge in [-0.1, -0.05) is 47.5 Å². The Hall–Kier alpha value is -6.82. The van der Waals surface area contributed by atoms with Gasteiger partial charge in [-0.3, -0.25) is 0 Å². The molecule has 8 aromatic heterocycles. The third-order valence-corrected chi connectivity index (χ3v) is 10.7. The van der Waals surface area contributed by atoms with E-state index in [9.17, 15) is 26.3 Å². The van der Waals surface area contributed by atoms with Gasteiger partial charge in [0, 0.05) is 40.3 Å². The summed E-state index contributed by atoms with van der Waals surface area (Å²) in [6, 6.07) is 15.1. The van der Waals surface area contributed by atoms with Crippen molar-refractivity contribution in [3.05, 3.63) is 136 Å². The van der Waals surface area contributed by atoms with E-state index in [4.69, 9.17) is 28.9 Å². The minimum atomic E-state index is -4.57. The SMILES string of the molecule is Brc1ncnc2nc[nH]c12.C[C@H](N)c1cc2cccc(Cl)c2nc1-n1ccc(C(F)(F)F)n1.C[C@H](Nc1ncnc2nc[nH]c12)c1cc2cccc(Cl)c2nc1-n1ccc(C(F)(F)F)n1. The van der Waals surface area contributed by atoms with Crippen LogP contribution in [-0.2, 0) is 12.4 Å². The maximum atomic E-state index is 13.1. The molecule has 0 saturated carbocycles. The summed E-state index contributed by atoms with van der Waals surface area (Å²) in [6.45, 7) is 3.57. The first kappa shape index (κ1) is 44.8. The number of hydrogen-bond acceptors (Lipinski definition) is 12. The lowest BCUT2D eigenvalue weighted by Crippen LogP contribution is -2.14. The van der Waals surface area contributed by atoms with Crippen LogP contribution in [0.1, 0.15) is 48.4 Å². The van der Waals surface area contributed by atoms with E-state index in [2.05, 4.69) is 81.3 Å². The van der Waals surface area contributed by atoms with Crippen LogP contribution in [0, 0.1) is 0 Å². The molecule has 0 saturated heterocycles. The molecule has 332 valence electrons. The summed E-state index contributed by atoms with van der Waals surface area (Å²) in [5.41, 5.74) is 8.67. The number of alkyl halides is 6. The number of nitrogens with one attached hydrogen (secondary N) is 3. The van der Waals surface area contributed by atoms with Gasteiger partial charge in [0.1, 0.15) is 28.3 Å². The summed E-state index contributed by atoms with van der Waals surface area (Å²) in [5, 5.41) is 12.8. The Morgan fingerprint density at radius 1 is 0.662 bits per heavy atom. The molecule has 0 aliphatic rings. The van der Waals surface area contributed by atoms with Gasteiger partial charge in [0.15, 0.2) is 40.1 Å². The fourth-order valence-corrected chi connectivity index (χ4v) is 7.27. The number of nitrogens with two attached hydrogens (primary N) is 1. The van der Waals surface area contributed by atoms with E-state index in [1.807, 2.05) is 25.1 Å². The van der Waals surface area contributed by atoms with Crippen molar-refractivity contribution >= 4 is 89.1 Å². The number of imidazole rings is 2. The number of nitrogens with zero attached hydrogens (tertiary/aromatic N) is 12. The summed E-state index contributed by atoms with van der Waals surface area (Å²) >= 11 is 15.7. The van der Waals surface area contributed by atoms with Gasteiger partial charge in [0.25, 0.3) is 0 Å². The standard InChI is InChI=1S/C20H14ClF3N8.C15H12ClF3N4.C5H3BrN4/c1-10(29-18-16-17(26-8-25-16)27-9-28-18)12-7-11-3-2-4-13(21)15(11)30-19(12)32-6-5-14(31-32)20(22,23)24;1-8(20)10-7-9-3-2-4-11(16)13(9)21-14(10)23-6-5-12(22-23)15(17,18)19;6-4-3-5(9-1-7-3)10-2-8-4/h2-10H,1H3,(H2,25,26,27,28,29);2-8H,20H2,1H3;1-2H,(H,7,8,9,10)/t10-;8-;/m00./s1. The molecule has 0 aliphatic carbocycles. The maximum Gasteiger partial charge on any atom is 0.435 e. The Labute approximate surface area is 379 Å². The predicted octanol–water partition coefficient (Wildman–Crippen LogP) is 10.2. The van der Waals surface area contributed by atoms with Crippen LogP contribution in [0.25, 0.3) is 55.8 Å². The number of pyridine rings is 2.